The van der Waals surface area contributed by atoms with Gasteiger partial charge in [0.1, 0.15) is 17.3 Å². The van der Waals surface area contributed by atoms with E-state index in [-0.39, 0.29) is 23.0 Å². The maximum atomic E-state index is 12.2. The third-order valence-corrected chi connectivity index (χ3v) is 5.66. The van der Waals surface area contributed by atoms with Gasteiger partial charge in [0.25, 0.3) is 0 Å². The zero-order chi connectivity index (χ0) is 22.8. The number of carboxylic acids is 1. The first kappa shape index (κ1) is 21.6. The van der Waals surface area contributed by atoms with Gasteiger partial charge in [-0.3, -0.25) is 4.79 Å². The molecule has 2 aromatic rings. The molecule has 164 valence electrons. The van der Waals surface area contributed by atoms with E-state index in [0.717, 1.165) is 12.0 Å². The van der Waals surface area contributed by atoms with E-state index in [4.69, 9.17) is 17.0 Å². The molecule has 0 radical (unpaired) electrons. The van der Waals surface area contributed by atoms with Crippen LogP contribution in [0.2, 0.25) is 0 Å². The van der Waals surface area contributed by atoms with Gasteiger partial charge < -0.3 is 25.6 Å². The van der Waals surface area contributed by atoms with Gasteiger partial charge in [0.15, 0.2) is 10.9 Å². The average molecular weight is 451 g/mol. The summed E-state index contributed by atoms with van der Waals surface area (Å²) in [4.78, 5) is 24.1. The van der Waals surface area contributed by atoms with E-state index in [9.17, 15) is 19.8 Å². The number of ether oxygens (including phenoxy) is 1. The molecule has 2 aromatic carbocycles. The number of carbonyl (C=O) groups is 2. The fraction of sp³-hybridized carbons (Fsp3) is 0.208. The van der Waals surface area contributed by atoms with Crippen molar-refractivity contribution >= 4 is 34.8 Å². The number of aromatic carboxylic acids is 1. The second kappa shape index (κ2) is 8.84. The zero-order valence-corrected chi connectivity index (χ0v) is 18.1. The molecule has 4 N–H and O–H groups in total. The molecule has 0 saturated heterocycles. The lowest BCUT2D eigenvalue weighted by Crippen LogP contribution is -2.29. The normalized spacial score (nSPS) is 18.7. The number of rotatable bonds is 5. The van der Waals surface area contributed by atoms with Crippen LogP contribution in [0, 0.1) is 5.92 Å². The number of hydrogen-bond donors (Lipinski definition) is 4. The number of nitrogens with one attached hydrogen (secondary N) is 2. The molecule has 1 aliphatic carbocycles. The fourth-order valence-electron chi connectivity index (χ4n) is 4.00. The van der Waals surface area contributed by atoms with Crippen molar-refractivity contribution in [1.82, 2.24) is 5.32 Å². The van der Waals surface area contributed by atoms with E-state index in [1.165, 1.54) is 24.3 Å². The number of carboxylic acid groups (broad SMARTS) is 1. The van der Waals surface area contributed by atoms with Crippen molar-refractivity contribution in [3.8, 4) is 11.5 Å². The lowest BCUT2D eigenvalue weighted by molar-refractivity contribution is -0.110. The Bertz CT molecular complexity index is 1170. The lowest BCUT2D eigenvalue weighted by Gasteiger charge is -2.35. The molecule has 2 aliphatic rings. The SMILES string of the molecule is CCCNC(=S)Nc1ccc(C2c3ccc(O)cc3OC3=CC(=O)C=CC32)c(C(=O)O)c1. The molecule has 0 saturated carbocycles. The Balaban J connectivity index is 1.79. The van der Waals surface area contributed by atoms with Gasteiger partial charge in [-0.25, -0.2) is 4.79 Å². The molecule has 0 fully saturated rings. The van der Waals surface area contributed by atoms with Crippen molar-refractivity contribution in [2.75, 3.05) is 11.9 Å². The number of fused-ring (bicyclic) bond motifs is 2. The summed E-state index contributed by atoms with van der Waals surface area (Å²) in [7, 11) is 0. The third-order valence-electron chi connectivity index (χ3n) is 5.41. The maximum absolute atomic E-state index is 12.2. The predicted molar refractivity (Wildman–Crippen MR) is 124 cm³/mol. The molecule has 7 nitrogen and oxygen atoms in total. The summed E-state index contributed by atoms with van der Waals surface area (Å²) in [6.45, 7) is 2.73. The van der Waals surface area contributed by atoms with Crippen molar-refractivity contribution in [3.63, 3.8) is 0 Å². The van der Waals surface area contributed by atoms with Crippen LogP contribution in [0.1, 0.15) is 40.7 Å². The van der Waals surface area contributed by atoms with Crippen LogP contribution in [0.15, 0.2) is 60.4 Å². The van der Waals surface area contributed by atoms with Crippen LogP contribution in [0.25, 0.3) is 0 Å². The molecule has 0 spiro atoms. The maximum Gasteiger partial charge on any atom is 0.336 e. The molecule has 0 bridgehead atoms. The molecule has 2 atom stereocenters. The molecular formula is C24H22N2O5S. The summed E-state index contributed by atoms with van der Waals surface area (Å²) in [6, 6.07) is 9.80. The molecule has 8 heteroatoms. The molecular weight excluding hydrogens is 428 g/mol. The molecule has 4 rings (SSSR count). The van der Waals surface area contributed by atoms with Gasteiger partial charge in [-0.2, -0.15) is 0 Å². The van der Waals surface area contributed by atoms with Gasteiger partial charge in [-0.15, -0.1) is 0 Å². The Kier molecular flexibility index (Phi) is 5.96. The van der Waals surface area contributed by atoms with E-state index < -0.39 is 11.9 Å². The minimum Gasteiger partial charge on any atom is -0.508 e. The Morgan fingerprint density at radius 2 is 1.97 bits per heavy atom. The zero-order valence-electron chi connectivity index (χ0n) is 17.3. The number of phenolic OH excluding ortho intramolecular Hbond substituents is 1. The van der Waals surface area contributed by atoms with E-state index in [1.54, 1.807) is 30.3 Å². The van der Waals surface area contributed by atoms with Crippen molar-refractivity contribution in [2.45, 2.75) is 19.3 Å². The predicted octanol–water partition coefficient (Wildman–Crippen LogP) is 3.95. The Hall–Kier alpha value is -3.65. The lowest BCUT2D eigenvalue weighted by atomic mass is 9.74. The van der Waals surface area contributed by atoms with Crippen LogP contribution in [-0.2, 0) is 4.79 Å². The summed E-state index contributed by atoms with van der Waals surface area (Å²) < 4.78 is 5.90. The van der Waals surface area contributed by atoms with Crippen LogP contribution in [-0.4, -0.2) is 33.6 Å². The number of phenols is 1. The second-order valence-electron chi connectivity index (χ2n) is 7.62. The fourth-order valence-corrected chi connectivity index (χ4v) is 4.22. The van der Waals surface area contributed by atoms with Crippen LogP contribution in [0.4, 0.5) is 5.69 Å². The highest BCUT2D eigenvalue weighted by Gasteiger charge is 2.38. The molecule has 2 unspecified atom stereocenters. The largest absolute Gasteiger partial charge is 0.508 e. The Morgan fingerprint density at radius 1 is 1.19 bits per heavy atom. The van der Waals surface area contributed by atoms with Crippen molar-refractivity contribution in [3.05, 3.63) is 77.1 Å². The molecule has 0 amide bonds. The van der Waals surface area contributed by atoms with Gasteiger partial charge in [0, 0.05) is 41.8 Å². The Labute approximate surface area is 190 Å². The highest BCUT2D eigenvalue weighted by atomic mass is 32.1. The second-order valence-corrected chi connectivity index (χ2v) is 8.03. The topological polar surface area (TPSA) is 108 Å². The Morgan fingerprint density at radius 3 is 2.72 bits per heavy atom. The number of allylic oxidation sites excluding steroid dienone is 3. The summed E-state index contributed by atoms with van der Waals surface area (Å²) in [5, 5.41) is 26.4. The first-order valence-electron chi connectivity index (χ1n) is 10.2. The quantitative estimate of drug-likeness (QED) is 0.507. The number of carbonyl (C=O) groups excluding carboxylic acids is 1. The van der Waals surface area contributed by atoms with E-state index in [1.807, 2.05) is 6.92 Å². The standard InChI is InChI=1S/C24H22N2O5S/c1-2-9-25-24(32)26-13-3-6-16(19(10-13)23(29)30)22-17-7-4-14(27)11-20(17)31-21-12-15(28)5-8-18(21)22/h3-8,10-12,17,22,28H,2,9H2,1H3,(H,29,30)(H2,25,26,32). The number of ketones is 1. The van der Waals surface area contributed by atoms with Gasteiger partial charge in [-0.1, -0.05) is 25.1 Å². The van der Waals surface area contributed by atoms with Gasteiger partial charge in [0.2, 0.25) is 0 Å². The van der Waals surface area contributed by atoms with Gasteiger partial charge in [-0.05, 0) is 48.5 Å². The number of thiocarbonyl (C=S) groups is 1. The first-order chi connectivity index (χ1) is 15.4. The number of benzene rings is 2. The van der Waals surface area contributed by atoms with Crippen molar-refractivity contribution in [2.24, 2.45) is 5.92 Å². The minimum absolute atomic E-state index is 0.0188. The number of hydrogen-bond acceptors (Lipinski definition) is 5. The molecule has 32 heavy (non-hydrogen) atoms. The summed E-state index contributed by atoms with van der Waals surface area (Å²) in [5.74, 6) is -1.22. The summed E-state index contributed by atoms with van der Waals surface area (Å²) in [5.41, 5.74) is 1.97. The molecule has 0 aromatic heterocycles. The highest BCUT2D eigenvalue weighted by Crippen LogP contribution is 2.49. The third kappa shape index (κ3) is 4.22. The minimum atomic E-state index is -1.08. The van der Waals surface area contributed by atoms with Crippen LogP contribution < -0.4 is 15.4 Å². The van der Waals surface area contributed by atoms with Gasteiger partial charge >= 0.3 is 5.97 Å². The van der Waals surface area contributed by atoms with Crippen molar-refractivity contribution < 1.29 is 24.5 Å². The average Bonchev–Trinajstić information content (AvgIpc) is 2.76. The smallest absolute Gasteiger partial charge is 0.336 e. The van der Waals surface area contributed by atoms with Gasteiger partial charge in [0.05, 0.1) is 5.56 Å². The summed E-state index contributed by atoms with van der Waals surface area (Å²) in [6.07, 6.45) is 5.51. The first-order valence-corrected chi connectivity index (χ1v) is 10.6. The highest BCUT2D eigenvalue weighted by molar-refractivity contribution is 7.80. The number of aromatic hydroxyl groups is 1. The van der Waals surface area contributed by atoms with E-state index >= 15 is 0 Å². The van der Waals surface area contributed by atoms with Crippen LogP contribution >= 0.6 is 12.2 Å². The monoisotopic (exact) mass is 450 g/mol. The summed E-state index contributed by atoms with van der Waals surface area (Å²) >= 11 is 5.26. The van der Waals surface area contributed by atoms with Crippen LogP contribution in [0.3, 0.4) is 0 Å². The van der Waals surface area contributed by atoms with Crippen LogP contribution in [0.5, 0.6) is 11.5 Å². The van der Waals surface area contributed by atoms with Crippen molar-refractivity contribution in [1.29, 1.82) is 0 Å². The van der Waals surface area contributed by atoms with E-state index in [2.05, 4.69) is 10.6 Å². The van der Waals surface area contributed by atoms with E-state index in [0.29, 0.717) is 34.4 Å². The molecule has 1 aliphatic heterocycles. The molecule has 1 heterocycles. The number of anilines is 1.